The molecule has 3 N–H and O–H groups in total. The summed E-state index contributed by atoms with van der Waals surface area (Å²) in [5, 5.41) is 14.8. The number of carboxylic acid groups (broad SMARTS) is 1. The smallest absolute Gasteiger partial charge is 0.305 e. The third-order valence-corrected chi connectivity index (χ3v) is 6.26. The third-order valence-electron chi connectivity index (χ3n) is 6.26. The number of aryl methyl sites for hydroxylation is 2. The Morgan fingerprint density at radius 2 is 1.53 bits per heavy atom. The number of halogens is 2. The maximum atomic E-state index is 15.1. The number of carbonyl (C=O) groups excluding carboxylic acids is 2. The van der Waals surface area contributed by atoms with Crippen molar-refractivity contribution in [3.8, 4) is 11.1 Å². The zero-order valence-corrected chi connectivity index (χ0v) is 21.8. The second kappa shape index (κ2) is 12.4. The van der Waals surface area contributed by atoms with Gasteiger partial charge in [0.1, 0.15) is 6.04 Å². The molecule has 0 fully saturated rings. The molecule has 8 heteroatoms. The van der Waals surface area contributed by atoms with E-state index in [2.05, 4.69) is 10.6 Å². The molecule has 0 aliphatic heterocycles. The van der Waals surface area contributed by atoms with Crippen molar-refractivity contribution in [1.29, 1.82) is 0 Å². The van der Waals surface area contributed by atoms with Crippen LogP contribution in [0.5, 0.6) is 0 Å². The van der Waals surface area contributed by atoms with Crippen LogP contribution < -0.4 is 10.6 Å². The van der Waals surface area contributed by atoms with E-state index < -0.39 is 47.9 Å². The first kappa shape index (κ1) is 28.5. The van der Waals surface area contributed by atoms with Gasteiger partial charge in [-0.25, -0.2) is 8.78 Å². The fourth-order valence-corrected chi connectivity index (χ4v) is 4.50. The van der Waals surface area contributed by atoms with Crippen molar-refractivity contribution >= 4 is 17.8 Å². The quantitative estimate of drug-likeness (QED) is 0.317. The maximum Gasteiger partial charge on any atom is 0.305 e. The number of carbonyl (C=O) groups is 3. The van der Waals surface area contributed by atoms with E-state index in [4.69, 9.17) is 0 Å². The first-order valence-electron chi connectivity index (χ1n) is 12.4. The molecule has 6 nitrogen and oxygen atoms in total. The van der Waals surface area contributed by atoms with Gasteiger partial charge >= 0.3 is 5.97 Å². The Morgan fingerprint density at radius 1 is 0.895 bits per heavy atom. The first-order chi connectivity index (χ1) is 18.0. The highest BCUT2D eigenvalue weighted by molar-refractivity contribution is 5.97. The standard InChI is InChI=1S/C30H32F2N2O4/c1-17(2)13-25(34-29(37)20-11-6-5-7-12-20)30(38)33-24(16-26(35)36)22-14-21(15-23(31)28(22)32)27-18(3)9-8-10-19(27)4/h5-12,14-15,17,24-25H,13,16H2,1-4H3,(H,33,38)(H,34,37)(H,35,36)/t24-,25-/m0/s1. The van der Waals surface area contributed by atoms with E-state index in [1.54, 1.807) is 30.3 Å². The molecule has 3 aromatic carbocycles. The minimum Gasteiger partial charge on any atom is -0.481 e. The Bertz CT molecular complexity index is 1310. The molecule has 0 heterocycles. The summed E-state index contributed by atoms with van der Waals surface area (Å²) in [6.45, 7) is 7.41. The molecular formula is C30H32F2N2O4. The topological polar surface area (TPSA) is 95.5 Å². The van der Waals surface area contributed by atoms with Crippen molar-refractivity contribution in [3.63, 3.8) is 0 Å². The molecule has 2 amide bonds. The Hall–Kier alpha value is -4.07. The van der Waals surface area contributed by atoms with Gasteiger partial charge in [0.2, 0.25) is 5.91 Å². The van der Waals surface area contributed by atoms with E-state index in [0.717, 1.165) is 17.2 Å². The van der Waals surface area contributed by atoms with Crippen LogP contribution in [0.3, 0.4) is 0 Å². The van der Waals surface area contributed by atoms with Crippen LogP contribution in [-0.2, 0) is 9.59 Å². The van der Waals surface area contributed by atoms with Gasteiger partial charge in [-0.3, -0.25) is 14.4 Å². The highest BCUT2D eigenvalue weighted by atomic mass is 19.2. The number of amides is 2. The minimum atomic E-state index is -1.37. The summed E-state index contributed by atoms with van der Waals surface area (Å²) < 4.78 is 29.9. The lowest BCUT2D eigenvalue weighted by Gasteiger charge is -2.25. The minimum absolute atomic E-state index is 0.00119. The predicted octanol–water partition coefficient (Wildman–Crippen LogP) is 5.73. The van der Waals surface area contributed by atoms with Crippen LogP contribution in [0.2, 0.25) is 0 Å². The van der Waals surface area contributed by atoms with Gasteiger partial charge in [0.15, 0.2) is 11.6 Å². The van der Waals surface area contributed by atoms with E-state index in [1.165, 1.54) is 6.07 Å². The summed E-state index contributed by atoms with van der Waals surface area (Å²) in [6, 6.07) is 13.9. The Morgan fingerprint density at radius 3 is 2.11 bits per heavy atom. The van der Waals surface area contributed by atoms with Crippen LogP contribution in [0.15, 0.2) is 60.7 Å². The molecule has 200 valence electrons. The van der Waals surface area contributed by atoms with Crippen molar-refractivity contribution < 1.29 is 28.3 Å². The second-order valence-electron chi connectivity index (χ2n) is 9.81. The number of rotatable bonds is 10. The molecule has 0 aliphatic carbocycles. The maximum absolute atomic E-state index is 15.1. The van der Waals surface area contributed by atoms with Gasteiger partial charge in [-0.05, 0) is 72.7 Å². The van der Waals surface area contributed by atoms with Crippen LogP contribution in [0.4, 0.5) is 8.78 Å². The predicted molar refractivity (Wildman–Crippen MR) is 142 cm³/mol. The van der Waals surface area contributed by atoms with Crippen LogP contribution in [0, 0.1) is 31.4 Å². The van der Waals surface area contributed by atoms with Crippen molar-refractivity contribution in [1.82, 2.24) is 10.6 Å². The molecule has 0 saturated carbocycles. The zero-order valence-electron chi connectivity index (χ0n) is 21.8. The summed E-state index contributed by atoms with van der Waals surface area (Å²) in [7, 11) is 0. The van der Waals surface area contributed by atoms with Crippen molar-refractivity contribution in [2.45, 2.75) is 52.6 Å². The fraction of sp³-hybridized carbons (Fsp3) is 0.300. The monoisotopic (exact) mass is 522 g/mol. The lowest BCUT2D eigenvalue weighted by Crippen LogP contribution is -2.48. The van der Waals surface area contributed by atoms with Gasteiger partial charge in [-0.2, -0.15) is 0 Å². The van der Waals surface area contributed by atoms with Crippen molar-refractivity contribution in [2.75, 3.05) is 0 Å². The highest BCUT2D eigenvalue weighted by Crippen LogP contribution is 2.33. The molecular weight excluding hydrogens is 490 g/mol. The second-order valence-corrected chi connectivity index (χ2v) is 9.81. The lowest BCUT2D eigenvalue weighted by atomic mass is 9.92. The van der Waals surface area contributed by atoms with Gasteiger partial charge in [0, 0.05) is 11.1 Å². The summed E-state index contributed by atoms with van der Waals surface area (Å²) in [6.07, 6.45) is -0.428. The van der Waals surface area contributed by atoms with Gasteiger partial charge in [0.25, 0.3) is 5.91 Å². The number of aliphatic carboxylic acids is 1. The number of hydrogen-bond acceptors (Lipinski definition) is 3. The number of carboxylic acids is 1. The molecule has 3 rings (SSSR count). The summed E-state index contributed by atoms with van der Waals surface area (Å²) in [5.74, 6) is -4.86. The number of nitrogens with one attached hydrogen (secondary N) is 2. The van der Waals surface area contributed by atoms with E-state index in [-0.39, 0.29) is 17.9 Å². The van der Waals surface area contributed by atoms with E-state index in [9.17, 15) is 23.9 Å². The van der Waals surface area contributed by atoms with Gasteiger partial charge in [-0.1, -0.05) is 50.2 Å². The summed E-state index contributed by atoms with van der Waals surface area (Å²) in [5.41, 5.74) is 2.81. The van der Waals surface area contributed by atoms with Crippen LogP contribution in [-0.4, -0.2) is 28.9 Å². The molecule has 0 radical (unpaired) electrons. The molecule has 3 aromatic rings. The fourth-order valence-electron chi connectivity index (χ4n) is 4.50. The normalized spacial score (nSPS) is 12.6. The molecule has 0 unspecified atom stereocenters. The molecule has 38 heavy (non-hydrogen) atoms. The molecule has 2 atom stereocenters. The highest BCUT2D eigenvalue weighted by Gasteiger charge is 2.29. The summed E-state index contributed by atoms with van der Waals surface area (Å²) >= 11 is 0. The average Bonchev–Trinajstić information content (AvgIpc) is 2.85. The number of hydrogen-bond donors (Lipinski definition) is 3. The van der Waals surface area contributed by atoms with Crippen LogP contribution in [0.25, 0.3) is 11.1 Å². The third kappa shape index (κ3) is 7.03. The average molecular weight is 523 g/mol. The van der Waals surface area contributed by atoms with Crippen molar-refractivity contribution in [2.24, 2.45) is 5.92 Å². The largest absolute Gasteiger partial charge is 0.481 e. The SMILES string of the molecule is Cc1cccc(C)c1-c1cc(F)c(F)c([C@H](CC(=O)O)NC(=O)[C@H](CC(C)C)NC(=O)c2ccccc2)c1. The molecule has 0 saturated heterocycles. The van der Waals surface area contributed by atoms with E-state index in [1.807, 2.05) is 45.9 Å². The van der Waals surface area contributed by atoms with Crippen molar-refractivity contribution in [3.05, 3.63) is 94.6 Å². The van der Waals surface area contributed by atoms with Crippen LogP contribution in [0.1, 0.15) is 59.8 Å². The Labute approximate surface area is 221 Å². The van der Waals surface area contributed by atoms with E-state index >= 15 is 4.39 Å². The first-order valence-corrected chi connectivity index (χ1v) is 12.4. The zero-order chi connectivity index (χ0) is 28.0. The van der Waals surface area contributed by atoms with Gasteiger partial charge < -0.3 is 15.7 Å². The van der Waals surface area contributed by atoms with Gasteiger partial charge in [0.05, 0.1) is 12.5 Å². The molecule has 0 bridgehead atoms. The van der Waals surface area contributed by atoms with Gasteiger partial charge in [-0.15, -0.1) is 0 Å². The Balaban J connectivity index is 1.98. The molecule has 0 aliphatic rings. The summed E-state index contributed by atoms with van der Waals surface area (Å²) in [4.78, 5) is 37.8. The molecule has 0 spiro atoms. The molecule has 0 aromatic heterocycles. The lowest BCUT2D eigenvalue weighted by molar-refractivity contribution is -0.137. The van der Waals surface area contributed by atoms with Crippen LogP contribution >= 0.6 is 0 Å². The number of benzene rings is 3. The van der Waals surface area contributed by atoms with E-state index in [0.29, 0.717) is 16.7 Å². The Kier molecular flexibility index (Phi) is 9.34.